The van der Waals surface area contributed by atoms with Crippen molar-refractivity contribution in [3.63, 3.8) is 0 Å². The minimum atomic E-state index is 0.0537. The van der Waals surface area contributed by atoms with E-state index in [0.717, 1.165) is 19.3 Å². The van der Waals surface area contributed by atoms with E-state index in [0.29, 0.717) is 13.0 Å². The summed E-state index contributed by atoms with van der Waals surface area (Å²) in [5, 5.41) is 5.76. The number of nitrogens with one attached hydrogen (secondary N) is 2. The number of rotatable bonds is 2. The maximum Gasteiger partial charge on any atom is 0.223 e. The Morgan fingerprint density at radius 2 is 2.00 bits per heavy atom. The second-order valence-corrected chi connectivity index (χ2v) is 4.53. The summed E-state index contributed by atoms with van der Waals surface area (Å²) in [5.74, 6) is 0.417. The van der Waals surface area contributed by atoms with E-state index in [9.17, 15) is 9.59 Å². The summed E-state index contributed by atoms with van der Waals surface area (Å²) in [4.78, 5) is 22.9. The van der Waals surface area contributed by atoms with Crippen LogP contribution < -0.4 is 10.6 Å². The Balaban J connectivity index is 1.79. The Labute approximate surface area is 89.8 Å². The number of amides is 2. The highest BCUT2D eigenvalue weighted by molar-refractivity contribution is 5.81. The number of hydrogen-bond acceptors (Lipinski definition) is 2. The molecule has 0 aromatic rings. The molecular weight excluding hydrogens is 192 g/mol. The molecule has 1 aliphatic carbocycles. The summed E-state index contributed by atoms with van der Waals surface area (Å²) in [6, 6.07) is 0.0619. The highest BCUT2D eigenvalue weighted by Gasteiger charge is 2.26. The van der Waals surface area contributed by atoms with Crippen LogP contribution in [0.5, 0.6) is 0 Å². The lowest BCUT2D eigenvalue weighted by molar-refractivity contribution is -0.127. The summed E-state index contributed by atoms with van der Waals surface area (Å²) < 4.78 is 0. The molecular formula is C11H18N2O2. The van der Waals surface area contributed by atoms with Gasteiger partial charge in [-0.15, -0.1) is 0 Å². The Kier molecular flexibility index (Phi) is 3.23. The monoisotopic (exact) mass is 210 g/mol. The molecule has 1 unspecified atom stereocenters. The molecule has 0 aromatic carbocycles. The largest absolute Gasteiger partial charge is 0.356 e. The first-order valence-corrected chi connectivity index (χ1v) is 5.83. The molecule has 2 aliphatic rings. The Morgan fingerprint density at radius 1 is 1.27 bits per heavy atom. The van der Waals surface area contributed by atoms with E-state index in [-0.39, 0.29) is 23.8 Å². The lowest BCUT2D eigenvalue weighted by Gasteiger charge is -2.24. The van der Waals surface area contributed by atoms with Gasteiger partial charge < -0.3 is 10.6 Å². The number of piperidine rings is 1. The molecule has 4 heteroatoms. The molecule has 84 valence electrons. The van der Waals surface area contributed by atoms with Crippen LogP contribution in [0.2, 0.25) is 0 Å². The third-order valence-electron chi connectivity index (χ3n) is 3.32. The molecule has 0 aromatic heterocycles. The van der Waals surface area contributed by atoms with E-state index in [4.69, 9.17) is 0 Å². The molecule has 1 atom stereocenters. The Hall–Kier alpha value is -1.06. The van der Waals surface area contributed by atoms with Gasteiger partial charge in [0.1, 0.15) is 0 Å². The van der Waals surface area contributed by atoms with Gasteiger partial charge in [0.25, 0.3) is 0 Å². The minimum Gasteiger partial charge on any atom is -0.356 e. The van der Waals surface area contributed by atoms with Gasteiger partial charge in [0.2, 0.25) is 11.8 Å². The van der Waals surface area contributed by atoms with Crippen molar-refractivity contribution in [1.29, 1.82) is 0 Å². The first-order chi connectivity index (χ1) is 7.25. The zero-order chi connectivity index (χ0) is 10.7. The summed E-state index contributed by atoms with van der Waals surface area (Å²) in [6.45, 7) is 0.689. The van der Waals surface area contributed by atoms with Gasteiger partial charge in [-0.3, -0.25) is 9.59 Å². The summed E-state index contributed by atoms with van der Waals surface area (Å²) in [7, 11) is 0. The van der Waals surface area contributed by atoms with Crippen molar-refractivity contribution in [1.82, 2.24) is 10.6 Å². The maximum absolute atomic E-state index is 11.8. The smallest absolute Gasteiger partial charge is 0.223 e. The van der Waals surface area contributed by atoms with Gasteiger partial charge in [-0.2, -0.15) is 0 Å². The molecule has 2 amide bonds. The van der Waals surface area contributed by atoms with Crippen LogP contribution >= 0.6 is 0 Å². The molecule has 15 heavy (non-hydrogen) atoms. The molecule has 1 heterocycles. The van der Waals surface area contributed by atoms with Crippen LogP contribution in [0.15, 0.2) is 0 Å². The zero-order valence-corrected chi connectivity index (χ0v) is 8.92. The second kappa shape index (κ2) is 4.64. The fraction of sp³-hybridized carbons (Fsp3) is 0.818. The second-order valence-electron chi connectivity index (χ2n) is 4.53. The first kappa shape index (κ1) is 10.5. The zero-order valence-electron chi connectivity index (χ0n) is 8.92. The average Bonchev–Trinajstić information content (AvgIpc) is 2.70. The molecule has 0 bridgehead atoms. The topological polar surface area (TPSA) is 58.2 Å². The van der Waals surface area contributed by atoms with Crippen molar-refractivity contribution in [3.05, 3.63) is 0 Å². The van der Waals surface area contributed by atoms with Crippen LogP contribution in [0, 0.1) is 5.92 Å². The standard InChI is InChI=1S/C11H18N2O2/c14-10-7-9(5-6-12-10)13-11(15)8-3-1-2-4-8/h8-9H,1-7H2,(H,12,14)(H,13,15). The minimum absolute atomic E-state index is 0.0537. The van der Waals surface area contributed by atoms with E-state index >= 15 is 0 Å². The molecule has 1 aliphatic heterocycles. The van der Waals surface area contributed by atoms with Gasteiger partial charge in [-0.05, 0) is 19.3 Å². The van der Waals surface area contributed by atoms with Crippen molar-refractivity contribution in [2.24, 2.45) is 5.92 Å². The van der Waals surface area contributed by atoms with Gasteiger partial charge in [0.15, 0.2) is 0 Å². The van der Waals surface area contributed by atoms with E-state index in [1.54, 1.807) is 0 Å². The summed E-state index contributed by atoms with van der Waals surface area (Å²) in [5.41, 5.74) is 0. The SMILES string of the molecule is O=C1CC(NC(=O)C2CCCC2)CCN1. The molecule has 2 N–H and O–H groups in total. The van der Waals surface area contributed by atoms with E-state index < -0.39 is 0 Å². The Morgan fingerprint density at radius 3 is 2.67 bits per heavy atom. The van der Waals surface area contributed by atoms with Crippen LogP contribution in [-0.4, -0.2) is 24.4 Å². The molecule has 4 nitrogen and oxygen atoms in total. The lowest BCUT2D eigenvalue weighted by Crippen LogP contribution is -2.46. The van der Waals surface area contributed by atoms with Crippen molar-refractivity contribution in [2.75, 3.05) is 6.54 Å². The van der Waals surface area contributed by atoms with E-state index in [1.807, 2.05) is 0 Å². The van der Waals surface area contributed by atoms with Crippen LogP contribution in [0.1, 0.15) is 38.5 Å². The van der Waals surface area contributed by atoms with Gasteiger partial charge in [-0.25, -0.2) is 0 Å². The van der Waals surface area contributed by atoms with Gasteiger partial charge in [-0.1, -0.05) is 12.8 Å². The van der Waals surface area contributed by atoms with Crippen LogP contribution in [0.25, 0.3) is 0 Å². The quantitative estimate of drug-likeness (QED) is 0.700. The fourth-order valence-corrected chi connectivity index (χ4v) is 2.41. The molecule has 1 saturated heterocycles. The number of hydrogen-bond donors (Lipinski definition) is 2. The molecule has 0 spiro atoms. The summed E-state index contributed by atoms with van der Waals surface area (Å²) in [6.07, 6.45) is 5.69. The number of carbonyl (C=O) groups is 2. The Bertz CT molecular complexity index is 259. The van der Waals surface area contributed by atoms with Gasteiger partial charge >= 0.3 is 0 Å². The maximum atomic E-state index is 11.8. The molecule has 1 saturated carbocycles. The van der Waals surface area contributed by atoms with E-state index in [1.165, 1.54) is 12.8 Å². The van der Waals surface area contributed by atoms with Crippen molar-refractivity contribution < 1.29 is 9.59 Å². The highest BCUT2D eigenvalue weighted by Crippen LogP contribution is 2.25. The van der Waals surface area contributed by atoms with E-state index in [2.05, 4.69) is 10.6 Å². The third-order valence-corrected chi connectivity index (χ3v) is 3.32. The summed E-state index contributed by atoms with van der Waals surface area (Å²) >= 11 is 0. The predicted octanol–water partition coefficient (Wildman–Crippen LogP) is 0.571. The van der Waals surface area contributed by atoms with Gasteiger partial charge in [0, 0.05) is 24.9 Å². The highest BCUT2D eigenvalue weighted by atomic mass is 16.2. The van der Waals surface area contributed by atoms with Gasteiger partial charge in [0.05, 0.1) is 0 Å². The van der Waals surface area contributed by atoms with Crippen molar-refractivity contribution in [3.8, 4) is 0 Å². The van der Waals surface area contributed by atoms with Crippen LogP contribution in [0.3, 0.4) is 0 Å². The average molecular weight is 210 g/mol. The van der Waals surface area contributed by atoms with Crippen LogP contribution in [0.4, 0.5) is 0 Å². The molecule has 2 rings (SSSR count). The fourth-order valence-electron chi connectivity index (χ4n) is 2.41. The number of carbonyl (C=O) groups excluding carboxylic acids is 2. The molecule has 0 radical (unpaired) electrons. The lowest BCUT2D eigenvalue weighted by atomic mass is 10.0. The van der Waals surface area contributed by atoms with Crippen LogP contribution in [-0.2, 0) is 9.59 Å². The van der Waals surface area contributed by atoms with Crippen molar-refractivity contribution in [2.45, 2.75) is 44.6 Å². The normalized spacial score (nSPS) is 27.5. The predicted molar refractivity (Wildman–Crippen MR) is 56.1 cm³/mol. The first-order valence-electron chi connectivity index (χ1n) is 5.83. The molecule has 2 fully saturated rings. The van der Waals surface area contributed by atoms with Crippen molar-refractivity contribution >= 4 is 11.8 Å². The third kappa shape index (κ3) is 2.70.